The molecule has 2 aromatic rings. The zero-order chi connectivity index (χ0) is 31.7. The molecule has 15 nitrogen and oxygen atoms in total. The second-order valence-electron chi connectivity index (χ2n) is 9.44. The lowest BCUT2D eigenvalue weighted by atomic mass is 9.93. The molecule has 0 spiro atoms. The summed E-state index contributed by atoms with van der Waals surface area (Å²) < 4.78 is 31.9. The summed E-state index contributed by atoms with van der Waals surface area (Å²) in [7, 11) is 5.29. The average Bonchev–Trinajstić information content (AvgIpc) is 3.49. The molecule has 15 heteroatoms. The molecule has 0 saturated carbocycles. The molecule has 0 aliphatic carbocycles. The minimum atomic E-state index is -1.59. The van der Waals surface area contributed by atoms with E-state index < -0.39 is 40.7 Å². The van der Waals surface area contributed by atoms with E-state index in [2.05, 4.69) is 4.74 Å². The highest BCUT2D eigenvalue weighted by molar-refractivity contribution is 5.97. The Kier molecular flexibility index (Phi) is 11.3. The number of rotatable bonds is 14. The van der Waals surface area contributed by atoms with Gasteiger partial charge in [0.15, 0.2) is 29.1 Å². The molecular formula is C28H35N3O12. The van der Waals surface area contributed by atoms with Crippen LogP contribution in [-0.4, -0.2) is 87.1 Å². The average molecular weight is 606 g/mol. The van der Waals surface area contributed by atoms with Gasteiger partial charge in [-0.2, -0.15) is 0 Å². The van der Waals surface area contributed by atoms with E-state index in [0.29, 0.717) is 19.4 Å². The van der Waals surface area contributed by atoms with E-state index in [9.17, 15) is 29.6 Å². The molecule has 1 fully saturated rings. The normalized spacial score (nSPS) is 14.9. The van der Waals surface area contributed by atoms with Crippen LogP contribution in [0.25, 0.3) is 0 Å². The maximum atomic E-state index is 13.9. The number of nitrogens with zero attached hydrogens (tertiary/aromatic N) is 2. The van der Waals surface area contributed by atoms with Crippen LogP contribution in [0.3, 0.4) is 0 Å². The summed E-state index contributed by atoms with van der Waals surface area (Å²) in [6.45, 7) is 0.105. The van der Waals surface area contributed by atoms with Crippen molar-refractivity contribution in [3.05, 3.63) is 51.1 Å². The van der Waals surface area contributed by atoms with Crippen LogP contribution in [-0.2, 0) is 14.3 Å². The van der Waals surface area contributed by atoms with E-state index in [4.69, 9.17) is 29.4 Å². The first-order valence-corrected chi connectivity index (χ1v) is 13.3. The number of benzene rings is 2. The number of hydrogen-bond acceptors (Lipinski definition) is 12. The van der Waals surface area contributed by atoms with Gasteiger partial charge in [0.25, 0.3) is 11.6 Å². The van der Waals surface area contributed by atoms with E-state index in [1.165, 1.54) is 51.5 Å². The second-order valence-corrected chi connectivity index (χ2v) is 9.44. The van der Waals surface area contributed by atoms with Gasteiger partial charge in [-0.3, -0.25) is 19.7 Å². The lowest BCUT2D eigenvalue weighted by molar-refractivity contribution is -0.386. The number of methoxy groups -OCH3 is 4. The number of ether oxygens (including phenoxy) is 6. The zero-order valence-corrected chi connectivity index (χ0v) is 24.3. The van der Waals surface area contributed by atoms with Crippen molar-refractivity contribution in [1.82, 2.24) is 4.90 Å². The summed E-state index contributed by atoms with van der Waals surface area (Å²) in [5, 5.41) is 22.2. The van der Waals surface area contributed by atoms with Crippen molar-refractivity contribution < 1.29 is 52.8 Å². The topological polar surface area (TPSA) is 199 Å². The Balaban J connectivity index is 2.21. The summed E-state index contributed by atoms with van der Waals surface area (Å²) in [6, 6.07) is 4.64. The number of aliphatic hydroxyl groups is 1. The van der Waals surface area contributed by atoms with Gasteiger partial charge >= 0.3 is 12.1 Å². The van der Waals surface area contributed by atoms with Crippen molar-refractivity contribution in [3.63, 3.8) is 0 Å². The lowest BCUT2D eigenvalue weighted by Gasteiger charge is -2.27. The fourth-order valence-corrected chi connectivity index (χ4v) is 4.86. The number of nitro groups is 1. The van der Waals surface area contributed by atoms with Gasteiger partial charge in [0.1, 0.15) is 0 Å². The number of aliphatic hydroxyl groups excluding tert-OH is 1. The maximum Gasteiger partial charge on any atom is 0.405 e. The van der Waals surface area contributed by atoms with E-state index >= 15 is 0 Å². The summed E-state index contributed by atoms with van der Waals surface area (Å²) in [4.78, 5) is 50.5. The third kappa shape index (κ3) is 7.54. The third-order valence-electron chi connectivity index (χ3n) is 6.95. The first-order chi connectivity index (χ1) is 20.6. The molecule has 1 aliphatic rings. The van der Waals surface area contributed by atoms with E-state index in [-0.39, 0.29) is 65.7 Å². The Morgan fingerprint density at radius 2 is 1.65 bits per heavy atom. The molecule has 2 amide bonds. The molecule has 0 aromatic heterocycles. The quantitative estimate of drug-likeness (QED) is 0.138. The van der Waals surface area contributed by atoms with Gasteiger partial charge in [-0.15, -0.1) is 0 Å². The molecule has 0 bridgehead atoms. The minimum Gasteiger partial charge on any atom is -0.493 e. The number of carbonyl (C=O) groups is 3. The number of esters is 1. The fourth-order valence-electron chi connectivity index (χ4n) is 4.86. The smallest absolute Gasteiger partial charge is 0.405 e. The highest BCUT2D eigenvalue weighted by Crippen LogP contribution is 2.44. The zero-order valence-electron chi connectivity index (χ0n) is 24.3. The van der Waals surface area contributed by atoms with Crippen LogP contribution in [0.4, 0.5) is 10.5 Å². The number of amides is 2. The molecule has 234 valence electrons. The monoisotopic (exact) mass is 605 g/mol. The summed E-state index contributed by atoms with van der Waals surface area (Å²) in [5.74, 6) is -0.604. The number of primary amides is 1. The molecule has 0 radical (unpaired) electrons. The Hall–Kier alpha value is -4.79. The number of carbonyl (C=O) groups excluding carboxylic acids is 3. The molecule has 3 rings (SSSR count). The van der Waals surface area contributed by atoms with Crippen LogP contribution in [0.2, 0.25) is 0 Å². The molecule has 2 aromatic carbocycles. The Morgan fingerprint density at radius 3 is 2.23 bits per heavy atom. The SMILES string of the molecule is COC(=O)CCCOc1cc([N+](=O)[O-])c(C(OC(N)=O)c2cc(OC)c(OC)cc2C(=O)N2CCCC2CO)cc1OC. The van der Waals surface area contributed by atoms with Crippen molar-refractivity contribution in [3.8, 4) is 23.0 Å². The van der Waals surface area contributed by atoms with Crippen LogP contribution in [0.15, 0.2) is 24.3 Å². The molecule has 1 aliphatic heterocycles. The van der Waals surface area contributed by atoms with Crippen molar-refractivity contribution in [2.75, 3.05) is 48.2 Å². The van der Waals surface area contributed by atoms with Crippen LogP contribution in [0, 0.1) is 10.1 Å². The van der Waals surface area contributed by atoms with E-state index in [1.54, 1.807) is 0 Å². The van der Waals surface area contributed by atoms with Gasteiger partial charge in [-0.25, -0.2) is 4.79 Å². The fraction of sp³-hybridized carbons (Fsp3) is 0.464. The first-order valence-electron chi connectivity index (χ1n) is 13.3. The molecule has 2 unspecified atom stereocenters. The highest BCUT2D eigenvalue weighted by Gasteiger charge is 2.36. The predicted molar refractivity (Wildman–Crippen MR) is 150 cm³/mol. The first kappa shape index (κ1) is 32.7. The second kappa shape index (κ2) is 14.9. The van der Waals surface area contributed by atoms with Crippen LogP contribution in [0.1, 0.15) is 53.3 Å². The molecule has 43 heavy (non-hydrogen) atoms. The van der Waals surface area contributed by atoms with Gasteiger partial charge in [0.2, 0.25) is 0 Å². The van der Waals surface area contributed by atoms with Crippen molar-refractivity contribution in [2.24, 2.45) is 5.73 Å². The van der Waals surface area contributed by atoms with Crippen molar-refractivity contribution >= 4 is 23.7 Å². The Bertz CT molecular complexity index is 1350. The minimum absolute atomic E-state index is 0.00731. The van der Waals surface area contributed by atoms with Gasteiger partial charge < -0.3 is 44.2 Å². The predicted octanol–water partition coefficient (Wildman–Crippen LogP) is 2.73. The third-order valence-corrected chi connectivity index (χ3v) is 6.95. The molecule has 1 saturated heterocycles. The standard InChI is InChI=1S/C28H35N3O12/c1-38-21-11-17(18(12-22(21)39-2)27(34)30-9-5-7-16(30)15-32)26(43-28(29)35)19-13-23(40-3)24(14-20(19)31(36)37)42-10-6-8-25(33)41-4/h11-14,16,26,32H,5-10,15H2,1-4H3,(H2,29,35). The van der Waals surface area contributed by atoms with E-state index in [0.717, 1.165) is 6.07 Å². The number of likely N-dealkylation sites (tertiary alicyclic amines) is 1. The van der Waals surface area contributed by atoms with Gasteiger partial charge in [-0.05, 0) is 37.5 Å². The molecule has 3 N–H and O–H groups in total. The molecular weight excluding hydrogens is 570 g/mol. The number of nitrogens with two attached hydrogens (primary N) is 1. The Labute approximate surface area is 247 Å². The number of nitro benzene ring substituents is 1. The van der Waals surface area contributed by atoms with Crippen molar-refractivity contribution in [1.29, 1.82) is 0 Å². The highest BCUT2D eigenvalue weighted by atomic mass is 16.6. The van der Waals surface area contributed by atoms with Crippen LogP contribution >= 0.6 is 0 Å². The Morgan fingerprint density at radius 1 is 1.02 bits per heavy atom. The summed E-state index contributed by atoms with van der Waals surface area (Å²) in [6.07, 6.45) is -1.29. The van der Waals surface area contributed by atoms with E-state index in [1.807, 2.05) is 0 Å². The van der Waals surface area contributed by atoms with Gasteiger partial charge in [0.05, 0.1) is 69.8 Å². The summed E-state index contributed by atoms with van der Waals surface area (Å²) >= 11 is 0. The lowest BCUT2D eigenvalue weighted by Crippen LogP contribution is -2.38. The molecule has 2 atom stereocenters. The van der Waals surface area contributed by atoms with Crippen LogP contribution in [0.5, 0.6) is 23.0 Å². The van der Waals surface area contributed by atoms with Crippen LogP contribution < -0.4 is 24.7 Å². The molecule has 1 heterocycles. The van der Waals surface area contributed by atoms with Gasteiger partial charge in [-0.1, -0.05) is 0 Å². The number of hydrogen-bond donors (Lipinski definition) is 2. The summed E-state index contributed by atoms with van der Waals surface area (Å²) in [5.41, 5.74) is 4.72. The maximum absolute atomic E-state index is 13.9. The largest absolute Gasteiger partial charge is 0.493 e. The van der Waals surface area contributed by atoms with Crippen molar-refractivity contribution in [2.45, 2.75) is 37.8 Å². The van der Waals surface area contributed by atoms with Gasteiger partial charge in [0, 0.05) is 18.5 Å².